The molecular formula is C14H12Br2S. The molecule has 0 N–H and O–H groups in total. The molecule has 17 heavy (non-hydrogen) atoms. The fraction of sp³-hybridized carbons (Fsp3) is 0.143. The Morgan fingerprint density at radius 2 is 1.00 bits per heavy atom. The first-order valence-corrected chi connectivity index (χ1v) is 8.05. The van der Waals surface area contributed by atoms with Gasteiger partial charge in [0.2, 0.25) is 0 Å². The van der Waals surface area contributed by atoms with Crippen molar-refractivity contribution in [3.05, 3.63) is 68.6 Å². The molecule has 2 aromatic rings. The highest BCUT2D eigenvalue weighted by atomic mass is 79.9. The van der Waals surface area contributed by atoms with Crippen LogP contribution in [-0.4, -0.2) is 0 Å². The van der Waals surface area contributed by atoms with Gasteiger partial charge in [0.25, 0.3) is 0 Å². The third-order valence-corrected chi connectivity index (χ3v) is 4.50. The van der Waals surface area contributed by atoms with Crippen molar-refractivity contribution in [3.8, 4) is 0 Å². The Bertz CT molecular complexity index is 417. The number of benzene rings is 2. The van der Waals surface area contributed by atoms with Crippen LogP contribution in [0.2, 0.25) is 0 Å². The molecule has 0 bridgehead atoms. The lowest BCUT2D eigenvalue weighted by Crippen LogP contribution is -1.83. The molecule has 0 aliphatic carbocycles. The average Bonchev–Trinajstić information content (AvgIpc) is 2.34. The van der Waals surface area contributed by atoms with E-state index in [0.29, 0.717) is 0 Å². The average molecular weight is 372 g/mol. The second-order valence-corrected chi connectivity index (χ2v) is 6.56. The fourth-order valence-corrected chi connectivity index (χ4v) is 2.94. The molecule has 0 aliphatic rings. The molecule has 0 heterocycles. The Hall–Kier alpha value is -0.250. The summed E-state index contributed by atoms with van der Waals surface area (Å²) in [7, 11) is 0. The van der Waals surface area contributed by atoms with Crippen molar-refractivity contribution >= 4 is 43.6 Å². The minimum atomic E-state index is 1.06. The first kappa shape index (κ1) is 13.2. The molecule has 0 aromatic heterocycles. The van der Waals surface area contributed by atoms with Crippen molar-refractivity contribution in [3.63, 3.8) is 0 Å². The van der Waals surface area contributed by atoms with Gasteiger partial charge >= 0.3 is 0 Å². The van der Waals surface area contributed by atoms with Crippen LogP contribution < -0.4 is 0 Å². The molecule has 0 nitrogen and oxygen atoms in total. The summed E-state index contributed by atoms with van der Waals surface area (Å²) >= 11 is 8.83. The second-order valence-electron chi connectivity index (χ2n) is 3.75. The Labute approximate surface area is 123 Å². The molecule has 0 saturated carbocycles. The van der Waals surface area contributed by atoms with Gasteiger partial charge in [-0.05, 0) is 35.4 Å². The number of rotatable bonds is 4. The van der Waals surface area contributed by atoms with Crippen LogP contribution in [0.4, 0.5) is 0 Å². The van der Waals surface area contributed by atoms with Gasteiger partial charge in [0, 0.05) is 20.5 Å². The summed E-state index contributed by atoms with van der Waals surface area (Å²) in [4.78, 5) is 0. The molecule has 0 unspecified atom stereocenters. The van der Waals surface area contributed by atoms with Crippen LogP contribution >= 0.6 is 43.6 Å². The molecule has 3 heteroatoms. The van der Waals surface area contributed by atoms with Crippen LogP contribution in [0.15, 0.2) is 57.5 Å². The SMILES string of the molecule is Brc1ccc(CSCc2ccc(Br)cc2)cc1. The molecule has 0 fully saturated rings. The van der Waals surface area contributed by atoms with Crippen molar-refractivity contribution < 1.29 is 0 Å². The van der Waals surface area contributed by atoms with Crippen LogP contribution in [0, 0.1) is 0 Å². The summed E-state index contributed by atoms with van der Waals surface area (Å²) in [6, 6.07) is 17.0. The predicted octanol–water partition coefficient (Wildman–Crippen LogP) is 5.65. The number of thioether (sulfide) groups is 1. The molecule has 0 saturated heterocycles. The van der Waals surface area contributed by atoms with Crippen molar-refractivity contribution in [1.29, 1.82) is 0 Å². The summed E-state index contributed by atoms with van der Waals surface area (Å²) in [5, 5.41) is 0. The van der Waals surface area contributed by atoms with E-state index in [2.05, 4.69) is 80.4 Å². The van der Waals surface area contributed by atoms with Crippen LogP contribution in [0.1, 0.15) is 11.1 Å². The van der Waals surface area contributed by atoms with Crippen LogP contribution in [0.3, 0.4) is 0 Å². The summed E-state index contributed by atoms with van der Waals surface area (Å²) in [6.45, 7) is 0. The first-order chi connectivity index (χ1) is 8.24. The van der Waals surface area contributed by atoms with Gasteiger partial charge in [-0.1, -0.05) is 56.1 Å². The van der Waals surface area contributed by atoms with E-state index < -0.39 is 0 Å². The summed E-state index contributed by atoms with van der Waals surface area (Å²) in [6.07, 6.45) is 0. The number of hydrogen-bond donors (Lipinski definition) is 0. The van der Waals surface area contributed by atoms with Crippen LogP contribution in [-0.2, 0) is 11.5 Å². The van der Waals surface area contributed by atoms with Crippen molar-refractivity contribution in [1.82, 2.24) is 0 Å². The maximum Gasteiger partial charge on any atom is 0.0187 e. The van der Waals surface area contributed by atoms with E-state index in [1.807, 2.05) is 11.8 Å². The van der Waals surface area contributed by atoms with Crippen molar-refractivity contribution in [2.24, 2.45) is 0 Å². The van der Waals surface area contributed by atoms with E-state index in [1.165, 1.54) is 11.1 Å². The Balaban J connectivity index is 1.83. The lowest BCUT2D eigenvalue weighted by molar-refractivity contribution is 1.36. The molecule has 0 atom stereocenters. The van der Waals surface area contributed by atoms with Crippen LogP contribution in [0.5, 0.6) is 0 Å². The van der Waals surface area contributed by atoms with Gasteiger partial charge in [-0.25, -0.2) is 0 Å². The minimum absolute atomic E-state index is 1.06. The van der Waals surface area contributed by atoms with Crippen LogP contribution in [0.25, 0.3) is 0 Å². The Morgan fingerprint density at radius 1 is 0.647 bits per heavy atom. The second kappa shape index (κ2) is 6.62. The van der Waals surface area contributed by atoms with Gasteiger partial charge in [0.05, 0.1) is 0 Å². The molecular weight excluding hydrogens is 360 g/mol. The monoisotopic (exact) mass is 370 g/mol. The quantitative estimate of drug-likeness (QED) is 0.669. The fourth-order valence-electron chi connectivity index (χ4n) is 1.45. The largest absolute Gasteiger partial charge is 0.152 e. The maximum absolute atomic E-state index is 3.45. The third kappa shape index (κ3) is 4.49. The highest BCUT2D eigenvalue weighted by Crippen LogP contribution is 2.20. The summed E-state index contributed by atoms with van der Waals surface area (Å²) in [5.74, 6) is 2.12. The van der Waals surface area contributed by atoms with Gasteiger partial charge in [0.15, 0.2) is 0 Å². The lowest BCUT2D eigenvalue weighted by Gasteiger charge is -2.03. The van der Waals surface area contributed by atoms with Gasteiger partial charge < -0.3 is 0 Å². The number of hydrogen-bond acceptors (Lipinski definition) is 1. The highest BCUT2D eigenvalue weighted by molar-refractivity contribution is 9.10. The van der Waals surface area contributed by atoms with E-state index in [9.17, 15) is 0 Å². The molecule has 88 valence electrons. The normalized spacial score (nSPS) is 10.5. The first-order valence-electron chi connectivity index (χ1n) is 5.31. The van der Waals surface area contributed by atoms with E-state index in [4.69, 9.17) is 0 Å². The van der Waals surface area contributed by atoms with Gasteiger partial charge in [-0.2, -0.15) is 11.8 Å². The predicted molar refractivity (Wildman–Crippen MR) is 83.3 cm³/mol. The maximum atomic E-state index is 3.45. The zero-order valence-corrected chi connectivity index (χ0v) is 13.2. The summed E-state index contributed by atoms with van der Waals surface area (Å²) < 4.78 is 2.28. The zero-order valence-electron chi connectivity index (χ0n) is 9.20. The van der Waals surface area contributed by atoms with E-state index in [0.717, 1.165) is 20.5 Å². The minimum Gasteiger partial charge on any atom is -0.152 e. The standard InChI is InChI=1S/C14H12Br2S/c15-13-5-1-11(2-6-13)9-17-10-12-3-7-14(16)8-4-12/h1-8H,9-10H2. The summed E-state index contributed by atoms with van der Waals surface area (Å²) in [5.41, 5.74) is 2.74. The van der Waals surface area contributed by atoms with Gasteiger partial charge in [-0.3, -0.25) is 0 Å². The smallest absolute Gasteiger partial charge is 0.0187 e. The molecule has 0 aliphatic heterocycles. The van der Waals surface area contributed by atoms with Crippen molar-refractivity contribution in [2.75, 3.05) is 0 Å². The Morgan fingerprint density at radius 3 is 1.35 bits per heavy atom. The highest BCUT2D eigenvalue weighted by Gasteiger charge is 1.96. The zero-order chi connectivity index (χ0) is 12.1. The van der Waals surface area contributed by atoms with E-state index >= 15 is 0 Å². The molecule has 0 amide bonds. The molecule has 2 aromatic carbocycles. The van der Waals surface area contributed by atoms with E-state index in [-0.39, 0.29) is 0 Å². The topological polar surface area (TPSA) is 0 Å². The molecule has 2 rings (SSSR count). The van der Waals surface area contributed by atoms with Gasteiger partial charge in [0.1, 0.15) is 0 Å². The Kier molecular flexibility index (Phi) is 5.14. The number of halogens is 2. The lowest BCUT2D eigenvalue weighted by atomic mass is 10.2. The molecule has 0 radical (unpaired) electrons. The van der Waals surface area contributed by atoms with Crippen molar-refractivity contribution in [2.45, 2.75) is 11.5 Å². The van der Waals surface area contributed by atoms with Gasteiger partial charge in [-0.15, -0.1) is 0 Å². The van der Waals surface area contributed by atoms with E-state index in [1.54, 1.807) is 0 Å². The third-order valence-electron chi connectivity index (χ3n) is 2.36. The molecule has 0 spiro atoms.